The highest BCUT2D eigenvalue weighted by Crippen LogP contribution is 2.32. The first-order chi connectivity index (χ1) is 8.68. The van der Waals surface area contributed by atoms with Crippen molar-refractivity contribution in [2.24, 2.45) is 0 Å². The molecule has 1 aromatic rings. The van der Waals surface area contributed by atoms with Crippen molar-refractivity contribution in [1.29, 1.82) is 0 Å². The largest absolute Gasteiger partial charge is 0.388 e. The molecular weight excluding hydrogens is 228 g/mol. The first-order valence-corrected chi connectivity index (χ1v) is 6.72. The zero-order chi connectivity index (χ0) is 13.0. The zero-order valence-electron chi connectivity index (χ0n) is 11.2. The molecule has 0 radical (unpaired) electrons. The van der Waals surface area contributed by atoms with Gasteiger partial charge >= 0.3 is 0 Å². The lowest BCUT2D eigenvalue weighted by atomic mass is 9.80. The van der Waals surface area contributed by atoms with Gasteiger partial charge in [-0.25, -0.2) is 9.97 Å². The van der Waals surface area contributed by atoms with E-state index in [-0.39, 0.29) is 0 Å². The highest BCUT2D eigenvalue weighted by molar-refractivity contribution is 5.57. The molecule has 0 aromatic carbocycles. The van der Waals surface area contributed by atoms with Crippen molar-refractivity contribution >= 4 is 11.6 Å². The summed E-state index contributed by atoms with van der Waals surface area (Å²) >= 11 is 0. The number of anilines is 2. The van der Waals surface area contributed by atoms with E-state index in [1.807, 2.05) is 6.92 Å². The minimum Gasteiger partial charge on any atom is -0.388 e. The molecule has 1 heterocycles. The van der Waals surface area contributed by atoms with E-state index in [9.17, 15) is 5.11 Å². The molecule has 3 N–H and O–H groups in total. The SMILES string of the molecule is CCNc1ncnc(NCC2(O)CCC2)c1CC. The van der Waals surface area contributed by atoms with E-state index < -0.39 is 5.60 Å². The number of nitrogens with one attached hydrogen (secondary N) is 2. The Kier molecular flexibility index (Phi) is 4.01. The topological polar surface area (TPSA) is 70.1 Å². The van der Waals surface area contributed by atoms with Gasteiger partial charge in [0.05, 0.1) is 5.60 Å². The summed E-state index contributed by atoms with van der Waals surface area (Å²) in [5, 5.41) is 16.6. The second-order valence-electron chi connectivity index (χ2n) is 4.86. The number of nitrogens with zero attached hydrogens (tertiary/aromatic N) is 2. The highest BCUT2D eigenvalue weighted by Gasteiger charge is 2.34. The summed E-state index contributed by atoms with van der Waals surface area (Å²) in [6, 6.07) is 0. The van der Waals surface area contributed by atoms with Gasteiger partial charge in [-0.15, -0.1) is 0 Å². The van der Waals surface area contributed by atoms with E-state index in [1.54, 1.807) is 6.33 Å². The maximum atomic E-state index is 10.1. The molecule has 1 aliphatic carbocycles. The summed E-state index contributed by atoms with van der Waals surface area (Å²) in [7, 11) is 0. The average molecular weight is 250 g/mol. The standard InChI is InChI=1S/C13H22N4O/c1-3-10-11(14-4-2)16-9-17-12(10)15-8-13(18)6-5-7-13/h9,18H,3-8H2,1-2H3,(H2,14,15,16,17). The van der Waals surface area contributed by atoms with Crippen LogP contribution < -0.4 is 10.6 Å². The van der Waals surface area contributed by atoms with Gasteiger partial charge in [0, 0.05) is 18.7 Å². The quantitative estimate of drug-likeness (QED) is 0.718. The number of rotatable bonds is 6. The molecule has 1 aliphatic rings. The van der Waals surface area contributed by atoms with E-state index >= 15 is 0 Å². The predicted molar refractivity (Wildman–Crippen MR) is 72.9 cm³/mol. The zero-order valence-corrected chi connectivity index (χ0v) is 11.2. The minimum atomic E-state index is -0.533. The van der Waals surface area contributed by atoms with Crippen molar-refractivity contribution in [1.82, 2.24) is 9.97 Å². The summed E-state index contributed by atoms with van der Waals surface area (Å²) in [6.07, 6.45) is 5.30. The smallest absolute Gasteiger partial charge is 0.134 e. The van der Waals surface area contributed by atoms with Crippen molar-refractivity contribution in [2.75, 3.05) is 23.7 Å². The summed E-state index contributed by atoms with van der Waals surface area (Å²) in [5.41, 5.74) is 0.552. The van der Waals surface area contributed by atoms with Gasteiger partial charge in [0.2, 0.25) is 0 Å². The van der Waals surface area contributed by atoms with Gasteiger partial charge in [-0.2, -0.15) is 0 Å². The fourth-order valence-corrected chi connectivity index (χ4v) is 2.23. The Bertz CT molecular complexity index is 404. The third-order valence-corrected chi connectivity index (χ3v) is 3.51. The van der Waals surface area contributed by atoms with Gasteiger partial charge < -0.3 is 15.7 Å². The van der Waals surface area contributed by atoms with Crippen LogP contribution in [-0.4, -0.2) is 33.8 Å². The molecule has 0 aliphatic heterocycles. The normalized spacial score (nSPS) is 17.1. The van der Waals surface area contributed by atoms with Gasteiger partial charge in [-0.05, 0) is 32.6 Å². The van der Waals surface area contributed by atoms with Crippen molar-refractivity contribution < 1.29 is 5.11 Å². The molecule has 0 amide bonds. The van der Waals surface area contributed by atoms with Crippen LogP contribution in [0.25, 0.3) is 0 Å². The van der Waals surface area contributed by atoms with E-state index in [1.165, 1.54) is 0 Å². The molecule has 0 spiro atoms. The summed E-state index contributed by atoms with van der Waals surface area (Å²) in [6.45, 7) is 5.55. The van der Waals surface area contributed by atoms with Gasteiger partial charge in [0.25, 0.3) is 0 Å². The Morgan fingerprint density at radius 1 is 1.22 bits per heavy atom. The predicted octanol–water partition coefficient (Wildman–Crippen LogP) is 1.80. The van der Waals surface area contributed by atoms with Crippen LogP contribution >= 0.6 is 0 Å². The molecule has 5 heteroatoms. The number of hydrogen-bond acceptors (Lipinski definition) is 5. The molecule has 0 atom stereocenters. The Morgan fingerprint density at radius 3 is 2.39 bits per heavy atom. The Hall–Kier alpha value is -1.36. The summed E-state index contributed by atoms with van der Waals surface area (Å²) < 4.78 is 0. The van der Waals surface area contributed by atoms with Crippen LogP contribution in [0.5, 0.6) is 0 Å². The maximum Gasteiger partial charge on any atom is 0.134 e. The third kappa shape index (κ3) is 2.72. The molecule has 0 saturated heterocycles. The summed E-state index contributed by atoms with van der Waals surface area (Å²) in [5.74, 6) is 1.72. The van der Waals surface area contributed by atoms with Crippen LogP contribution in [-0.2, 0) is 6.42 Å². The molecule has 5 nitrogen and oxygen atoms in total. The lowest BCUT2D eigenvalue weighted by Crippen LogP contribution is -2.43. The van der Waals surface area contributed by atoms with Crippen LogP contribution in [0.3, 0.4) is 0 Å². The maximum absolute atomic E-state index is 10.1. The first kappa shape index (κ1) is 13.1. The number of hydrogen-bond donors (Lipinski definition) is 3. The molecule has 18 heavy (non-hydrogen) atoms. The Morgan fingerprint density at radius 2 is 1.89 bits per heavy atom. The van der Waals surface area contributed by atoms with Gasteiger partial charge in [0.15, 0.2) is 0 Å². The van der Waals surface area contributed by atoms with Crippen molar-refractivity contribution in [2.45, 2.75) is 45.1 Å². The molecule has 1 aromatic heterocycles. The highest BCUT2D eigenvalue weighted by atomic mass is 16.3. The van der Waals surface area contributed by atoms with Gasteiger partial charge in [-0.1, -0.05) is 6.92 Å². The molecule has 0 bridgehead atoms. The van der Waals surface area contributed by atoms with Crippen LogP contribution in [0.2, 0.25) is 0 Å². The second kappa shape index (κ2) is 5.52. The third-order valence-electron chi connectivity index (χ3n) is 3.51. The van der Waals surface area contributed by atoms with Crippen LogP contribution in [0.1, 0.15) is 38.7 Å². The van der Waals surface area contributed by atoms with E-state index in [0.29, 0.717) is 6.54 Å². The van der Waals surface area contributed by atoms with Gasteiger partial charge in [-0.3, -0.25) is 0 Å². The Labute approximate surface area is 108 Å². The van der Waals surface area contributed by atoms with Gasteiger partial charge in [0.1, 0.15) is 18.0 Å². The fraction of sp³-hybridized carbons (Fsp3) is 0.692. The molecule has 1 fully saturated rings. The molecule has 2 rings (SSSR count). The lowest BCUT2D eigenvalue weighted by molar-refractivity contribution is -0.0202. The van der Waals surface area contributed by atoms with E-state index in [2.05, 4.69) is 27.5 Å². The molecule has 100 valence electrons. The number of aromatic nitrogens is 2. The van der Waals surface area contributed by atoms with Crippen LogP contribution in [0.4, 0.5) is 11.6 Å². The number of aliphatic hydroxyl groups is 1. The molecular formula is C13H22N4O. The van der Waals surface area contributed by atoms with E-state index in [0.717, 1.165) is 49.4 Å². The molecule has 0 unspecified atom stereocenters. The monoisotopic (exact) mass is 250 g/mol. The summed E-state index contributed by atoms with van der Waals surface area (Å²) in [4.78, 5) is 8.53. The van der Waals surface area contributed by atoms with Crippen molar-refractivity contribution in [3.8, 4) is 0 Å². The fourth-order valence-electron chi connectivity index (χ4n) is 2.23. The van der Waals surface area contributed by atoms with E-state index in [4.69, 9.17) is 0 Å². The average Bonchev–Trinajstić information content (AvgIpc) is 2.34. The van der Waals surface area contributed by atoms with Crippen molar-refractivity contribution in [3.05, 3.63) is 11.9 Å². The van der Waals surface area contributed by atoms with Crippen LogP contribution in [0.15, 0.2) is 6.33 Å². The lowest BCUT2D eigenvalue weighted by Gasteiger charge is -2.36. The molecule has 1 saturated carbocycles. The first-order valence-electron chi connectivity index (χ1n) is 6.72. The van der Waals surface area contributed by atoms with Crippen LogP contribution in [0, 0.1) is 0 Å². The Balaban J connectivity index is 2.08. The van der Waals surface area contributed by atoms with Crippen molar-refractivity contribution in [3.63, 3.8) is 0 Å². The second-order valence-corrected chi connectivity index (χ2v) is 4.86. The minimum absolute atomic E-state index is 0.533.